The third-order valence-electron chi connectivity index (χ3n) is 4.68. The van der Waals surface area contributed by atoms with Crippen LogP contribution in [-0.4, -0.2) is 27.2 Å². The second-order valence-corrected chi connectivity index (χ2v) is 10.5. The first-order chi connectivity index (χ1) is 15.1. The van der Waals surface area contributed by atoms with Gasteiger partial charge in [0.1, 0.15) is 11.2 Å². The van der Waals surface area contributed by atoms with Crippen molar-refractivity contribution in [1.29, 1.82) is 0 Å². The molecule has 2 N–H and O–H groups in total. The summed E-state index contributed by atoms with van der Waals surface area (Å²) in [6, 6.07) is 12.5. The van der Waals surface area contributed by atoms with E-state index < -0.39 is 41.4 Å². The molecule has 1 aromatic heterocycles. The Morgan fingerprint density at radius 3 is 2.41 bits per heavy atom. The lowest BCUT2D eigenvalue weighted by molar-refractivity contribution is -0.131. The predicted octanol–water partition coefficient (Wildman–Crippen LogP) is 5.05. The molecular formula is C19H15BrF3N3O4S2. The largest absolute Gasteiger partial charge is 0.427 e. The summed E-state index contributed by atoms with van der Waals surface area (Å²) in [5.41, 5.74) is 2.95. The number of nitrogens with zero attached hydrogens (tertiary/aromatic N) is 1. The van der Waals surface area contributed by atoms with Crippen LogP contribution < -0.4 is 15.1 Å². The number of carbonyl (C=O) groups is 1. The maximum Gasteiger partial charge on any atom is 0.427 e. The number of anilines is 1. The molecular weight excluding hydrogens is 535 g/mol. The van der Waals surface area contributed by atoms with Crippen molar-refractivity contribution < 1.29 is 31.2 Å². The van der Waals surface area contributed by atoms with Crippen LogP contribution in [-0.2, 0) is 14.9 Å². The summed E-state index contributed by atoms with van der Waals surface area (Å²) in [4.78, 5) is 15.6. The smallest absolute Gasteiger partial charge is 0.351 e. The number of hydroxylamine groups is 1. The summed E-state index contributed by atoms with van der Waals surface area (Å²) in [5.74, 6) is 0. The molecule has 1 amide bonds. The Morgan fingerprint density at radius 2 is 1.81 bits per heavy atom. The number of amides is 1. The zero-order valence-electron chi connectivity index (χ0n) is 16.0. The van der Waals surface area contributed by atoms with Crippen molar-refractivity contribution in [3.8, 4) is 0 Å². The van der Waals surface area contributed by atoms with Gasteiger partial charge < -0.3 is 4.84 Å². The summed E-state index contributed by atoms with van der Waals surface area (Å²) < 4.78 is 67.7. The maximum absolute atomic E-state index is 13.4. The molecule has 7 nitrogen and oxygen atoms in total. The molecule has 2 aromatic carbocycles. The van der Waals surface area contributed by atoms with Gasteiger partial charge in [0.25, 0.3) is 10.0 Å². The lowest BCUT2D eigenvalue weighted by Crippen LogP contribution is -2.34. The van der Waals surface area contributed by atoms with Crippen LogP contribution in [0.5, 0.6) is 0 Å². The molecule has 1 fully saturated rings. The van der Waals surface area contributed by atoms with Gasteiger partial charge in [-0.25, -0.2) is 13.2 Å². The lowest BCUT2D eigenvalue weighted by atomic mass is 10.2. The van der Waals surface area contributed by atoms with Gasteiger partial charge in [-0.2, -0.15) is 13.2 Å². The fourth-order valence-electron chi connectivity index (χ4n) is 3.12. The van der Waals surface area contributed by atoms with E-state index in [1.807, 2.05) is 0 Å². The van der Waals surface area contributed by atoms with Gasteiger partial charge in [0, 0.05) is 16.6 Å². The van der Waals surface area contributed by atoms with Crippen molar-refractivity contribution in [2.45, 2.75) is 23.7 Å². The number of fused-ring (bicyclic) bond motifs is 1. The minimum atomic E-state index is -4.53. The Bertz CT molecular complexity index is 1260. The molecule has 0 saturated carbocycles. The number of carbonyl (C=O) groups excluding carboxylic acids is 1. The molecule has 1 unspecified atom stereocenters. The number of halogens is 4. The van der Waals surface area contributed by atoms with Crippen LogP contribution in [0.25, 0.3) is 10.1 Å². The summed E-state index contributed by atoms with van der Waals surface area (Å²) in [6.07, 6.45) is -7.19. The van der Waals surface area contributed by atoms with E-state index in [9.17, 15) is 26.4 Å². The van der Waals surface area contributed by atoms with Crippen molar-refractivity contribution in [1.82, 2.24) is 10.8 Å². The molecule has 1 saturated heterocycles. The number of benzene rings is 2. The van der Waals surface area contributed by atoms with Gasteiger partial charge in [-0.1, -0.05) is 30.3 Å². The zero-order chi connectivity index (χ0) is 23.1. The van der Waals surface area contributed by atoms with Crippen molar-refractivity contribution in [3.05, 3.63) is 58.6 Å². The second-order valence-electron chi connectivity index (χ2n) is 6.81. The third-order valence-corrected chi connectivity index (χ3v) is 8.86. The topological polar surface area (TPSA) is 87.7 Å². The number of hydrogen-bond acceptors (Lipinski definition) is 6. The Labute approximate surface area is 193 Å². The van der Waals surface area contributed by atoms with E-state index >= 15 is 0 Å². The van der Waals surface area contributed by atoms with Crippen LogP contribution >= 0.6 is 27.3 Å². The highest BCUT2D eigenvalue weighted by Crippen LogP contribution is 2.44. The predicted molar refractivity (Wildman–Crippen MR) is 117 cm³/mol. The van der Waals surface area contributed by atoms with Crippen LogP contribution in [0.2, 0.25) is 0 Å². The summed E-state index contributed by atoms with van der Waals surface area (Å²) in [5, 5.41) is 3.35. The Kier molecular flexibility index (Phi) is 6.09. The second kappa shape index (κ2) is 8.54. The summed E-state index contributed by atoms with van der Waals surface area (Å²) >= 11 is 4.45. The normalized spacial score (nSPS) is 16.8. The lowest BCUT2D eigenvalue weighted by Gasteiger charge is -2.24. The van der Waals surface area contributed by atoms with Gasteiger partial charge in [0.15, 0.2) is 0 Å². The fraction of sp³-hybridized carbons (Fsp3) is 0.211. The molecule has 1 aliphatic rings. The average Bonchev–Trinajstić information content (AvgIpc) is 3.31. The van der Waals surface area contributed by atoms with Gasteiger partial charge in [-0.15, -0.1) is 16.8 Å². The number of rotatable bonds is 6. The molecule has 1 aliphatic heterocycles. The molecule has 0 aliphatic carbocycles. The first-order valence-electron chi connectivity index (χ1n) is 9.15. The molecule has 0 spiro atoms. The first kappa shape index (κ1) is 22.8. The molecule has 2 heterocycles. The minimum absolute atomic E-state index is 0.164. The molecule has 0 radical (unpaired) electrons. The van der Waals surface area contributed by atoms with Crippen LogP contribution in [0.3, 0.4) is 0 Å². The number of nitrogens with one attached hydrogen (secondary N) is 2. The van der Waals surface area contributed by atoms with Crippen molar-refractivity contribution in [2.24, 2.45) is 0 Å². The molecule has 4 rings (SSSR count). The van der Waals surface area contributed by atoms with E-state index in [1.165, 1.54) is 24.3 Å². The molecule has 3 aromatic rings. The van der Waals surface area contributed by atoms with Crippen molar-refractivity contribution in [3.63, 3.8) is 0 Å². The summed E-state index contributed by atoms with van der Waals surface area (Å²) in [6.45, 7) is -0.771. The molecule has 170 valence electrons. The van der Waals surface area contributed by atoms with Gasteiger partial charge in [-0.05, 0) is 39.7 Å². The maximum atomic E-state index is 13.4. The highest BCUT2D eigenvalue weighted by atomic mass is 79.9. The van der Waals surface area contributed by atoms with Gasteiger partial charge >= 0.3 is 12.3 Å². The number of thiophene rings is 1. The molecule has 1 atom stereocenters. The van der Waals surface area contributed by atoms with E-state index in [2.05, 4.69) is 31.6 Å². The fourth-order valence-corrected chi connectivity index (χ4v) is 6.98. The first-order valence-corrected chi connectivity index (χ1v) is 12.2. The number of alkyl halides is 3. The Hall–Kier alpha value is -2.35. The van der Waals surface area contributed by atoms with E-state index in [0.717, 1.165) is 20.3 Å². The molecule has 13 heteroatoms. The SMILES string of the molecule is O=C1NC(c2ccc(S(=O)(=O)N(CCC(F)(F)F)c3sc4ccccc4c3Br)cc2)NO1. The Balaban J connectivity index is 1.72. The number of sulfonamides is 1. The average molecular weight is 550 g/mol. The van der Waals surface area contributed by atoms with Crippen LogP contribution in [0.1, 0.15) is 18.2 Å². The minimum Gasteiger partial charge on any atom is -0.351 e. The highest BCUT2D eigenvalue weighted by Gasteiger charge is 2.34. The van der Waals surface area contributed by atoms with E-state index in [1.54, 1.807) is 24.3 Å². The van der Waals surface area contributed by atoms with E-state index in [4.69, 9.17) is 0 Å². The van der Waals surface area contributed by atoms with Gasteiger partial charge in [0.05, 0.1) is 15.8 Å². The standard InChI is InChI=1S/C19H15BrF3N3O4S2/c20-15-13-3-1-2-4-14(13)31-17(15)26(10-9-19(21,22)23)32(28,29)12-7-5-11(6-8-12)16-24-18(27)30-25-16/h1-8,16,25H,9-10H2,(H,24,27). The molecule has 32 heavy (non-hydrogen) atoms. The van der Waals surface area contributed by atoms with Gasteiger partial charge in [-0.3, -0.25) is 9.62 Å². The van der Waals surface area contributed by atoms with Crippen LogP contribution in [0.4, 0.5) is 23.0 Å². The quantitative estimate of drug-likeness (QED) is 0.449. The monoisotopic (exact) mass is 549 g/mol. The zero-order valence-corrected chi connectivity index (χ0v) is 19.2. The van der Waals surface area contributed by atoms with Crippen LogP contribution in [0, 0.1) is 0 Å². The van der Waals surface area contributed by atoms with Crippen LogP contribution in [0.15, 0.2) is 57.9 Å². The Morgan fingerprint density at radius 1 is 1.12 bits per heavy atom. The van der Waals surface area contributed by atoms with Crippen molar-refractivity contribution >= 4 is 58.5 Å². The van der Waals surface area contributed by atoms with E-state index in [0.29, 0.717) is 15.4 Å². The number of hydrogen-bond donors (Lipinski definition) is 2. The highest BCUT2D eigenvalue weighted by molar-refractivity contribution is 9.10. The van der Waals surface area contributed by atoms with Gasteiger partial charge in [0.2, 0.25) is 0 Å². The molecule has 0 bridgehead atoms. The summed E-state index contributed by atoms with van der Waals surface area (Å²) in [7, 11) is -4.32. The van der Waals surface area contributed by atoms with Crippen molar-refractivity contribution in [2.75, 3.05) is 10.8 Å². The van der Waals surface area contributed by atoms with E-state index in [-0.39, 0.29) is 9.90 Å². The third kappa shape index (κ3) is 4.56.